The molecule has 7 unspecified atom stereocenters. The summed E-state index contributed by atoms with van der Waals surface area (Å²) in [7, 11) is 0. The molecule has 1 nitrogen and oxygen atoms in total. The molecule has 146 valence electrons. The van der Waals surface area contributed by atoms with Gasteiger partial charge >= 0.3 is 0 Å². The average Bonchev–Trinajstić information content (AvgIpc) is 2.86. The van der Waals surface area contributed by atoms with E-state index in [9.17, 15) is 0 Å². The fraction of sp³-hybridized carbons (Fsp3) is 1.00. The Balaban J connectivity index is 1.78. The third-order valence-corrected chi connectivity index (χ3v) is 9.44. The van der Waals surface area contributed by atoms with Gasteiger partial charge in [0.25, 0.3) is 0 Å². The van der Waals surface area contributed by atoms with Gasteiger partial charge in [0.05, 0.1) is 0 Å². The molecule has 3 fully saturated rings. The van der Waals surface area contributed by atoms with Crippen LogP contribution in [0.15, 0.2) is 0 Å². The molecular formula is C24H45N. The molecule has 0 aliphatic heterocycles. The maximum atomic E-state index is 7.19. The standard InChI is InChI=1S/C24H45N/c1-7-8-20-16-22(5)12-11-19-9-10-21(18(4)15-17(2)3)23(19,6)13-14-24(20,22)25/h17-21H,7-16,25H2,1-6H3. The third kappa shape index (κ3) is 3.11. The van der Waals surface area contributed by atoms with Crippen LogP contribution in [0.1, 0.15) is 106 Å². The molecule has 0 aromatic heterocycles. The lowest BCUT2D eigenvalue weighted by Crippen LogP contribution is -2.69. The van der Waals surface area contributed by atoms with Crippen molar-refractivity contribution >= 4 is 0 Å². The van der Waals surface area contributed by atoms with Gasteiger partial charge in [-0.3, -0.25) is 0 Å². The average molecular weight is 348 g/mol. The van der Waals surface area contributed by atoms with E-state index in [1.807, 2.05) is 0 Å². The highest BCUT2D eigenvalue weighted by atomic mass is 14.9. The topological polar surface area (TPSA) is 26.0 Å². The second kappa shape index (κ2) is 6.84. The lowest BCUT2D eigenvalue weighted by molar-refractivity contribution is -0.103. The van der Waals surface area contributed by atoms with Crippen LogP contribution < -0.4 is 5.73 Å². The van der Waals surface area contributed by atoms with Gasteiger partial charge in [0.15, 0.2) is 0 Å². The fourth-order valence-electron chi connectivity index (χ4n) is 7.84. The molecule has 3 rings (SSSR count). The van der Waals surface area contributed by atoms with E-state index in [1.165, 1.54) is 64.2 Å². The van der Waals surface area contributed by atoms with E-state index in [-0.39, 0.29) is 5.54 Å². The Bertz CT molecular complexity index is 471. The molecule has 3 aliphatic carbocycles. The van der Waals surface area contributed by atoms with Crippen LogP contribution in [0, 0.1) is 40.4 Å². The van der Waals surface area contributed by atoms with Gasteiger partial charge in [-0.2, -0.15) is 0 Å². The molecule has 0 saturated heterocycles. The van der Waals surface area contributed by atoms with E-state index in [2.05, 4.69) is 41.5 Å². The first-order valence-electron chi connectivity index (χ1n) is 11.4. The number of fused-ring (bicyclic) bond motifs is 2. The zero-order valence-corrected chi connectivity index (χ0v) is 18.0. The van der Waals surface area contributed by atoms with Gasteiger partial charge in [-0.15, -0.1) is 0 Å². The summed E-state index contributed by atoms with van der Waals surface area (Å²) in [5.74, 6) is 4.38. The monoisotopic (exact) mass is 347 g/mol. The molecule has 7 atom stereocenters. The summed E-state index contributed by atoms with van der Waals surface area (Å²) in [6, 6.07) is 0. The van der Waals surface area contributed by atoms with Crippen LogP contribution in [0.25, 0.3) is 0 Å². The minimum absolute atomic E-state index is 0.130. The largest absolute Gasteiger partial charge is 0.324 e. The Labute approximate surface area is 157 Å². The van der Waals surface area contributed by atoms with Gasteiger partial charge in [0, 0.05) is 5.54 Å². The van der Waals surface area contributed by atoms with Crippen LogP contribution >= 0.6 is 0 Å². The number of hydrogen-bond donors (Lipinski definition) is 1. The summed E-state index contributed by atoms with van der Waals surface area (Å²) < 4.78 is 0. The van der Waals surface area contributed by atoms with Crippen LogP contribution in [-0.2, 0) is 0 Å². The number of hydrogen-bond acceptors (Lipinski definition) is 1. The molecule has 0 amide bonds. The van der Waals surface area contributed by atoms with Crippen molar-refractivity contribution in [3.05, 3.63) is 0 Å². The van der Waals surface area contributed by atoms with Crippen molar-refractivity contribution in [2.24, 2.45) is 46.2 Å². The summed E-state index contributed by atoms with van der Waals surface area (Å²) in [5.41, 5.74) is 8.29. The maximum Gasteiger partial charge on any atom is 0.0237 e. The Hall–Kier alpha value is -0.0400. The van der Waals surface area contributed by atoms with E-state index < -0.39 is 0 Å². The molecule has 0 aromatic rings. The number of rotatable bonds is 5. The molecular weight excluding hydrogens is 302 g/mol. The first-order chi connectivity index (χ1) is 11.7. The smallest absolute Gasteiger partial charge is 0.0237 e. The Morgan fingerprint density at radius 3 is 2.36 bits per heavy atom. The van der Waals surface area contributed by atoms with Gasteiger partial charge in [-0.1, -0.05) is 48.0 Å². The lowest BCUT2D eigenvalue weighted by Gasteiger charge is -2.64. The normalized spacial score (nSPS) is 48.2. The van der Waals surface area contributed by atoms with Crippen molar-refractivity contribution in [1.82, 2.24) is 0 Å². The summed E-state index contributed by atoms with van der Waals surface area (Å²) >= 11 is 0. The SMILES string of the molecule is CCCC1CC2(C)CCC3CCC(C(C)CC(C)C)C3(C)CCC12N. The van der Waals surface area contributed by atoms with Crippen molar-refractivity contribution in [1.29, 1.82) is 0 Å². The molecule has 0 aromatic carbocycles. The predicted molar refractivity (Wildman–Crippen MR) is 109 cm³/mol. The zero-order chi connectivity index (χ0) is 18.5. The van der Waals surface area contributed by atoms with Gasteiger partial charge in [-0.25, -0.2) is 0 Å². The van der Waals surface area contributed by atoms with Crippen LogP contribution in [-0.4, -0.2) is 5.54 Å². The van der Waals surface area contributed by atoms with E-state index in [4.69, 9.17) is 5.73 Å². The van der Waals surface area contributed by atoms with Crippen molar-refractivity contribution in [2.75, 3.05) is 0 Å². The van der Waals surface area contributed by atoms with Crippen molar-refractivity contribution in [3.8, 4) is 0 Å². The van der Waals surface area contributed by atoms with Crippen LogP contribution in [0.2, 0.25) is 0 Å². The van der Waals surface area contributed by atoms with Crippen LogP contribution in [0.5, 0.6) is 0 Å². The Morgan fingerprint density at radius 2 is 1.72 bits per heavy atom. The van der Waals surface area contributed by atoms with Crippen molar-refractivity contribution in [2.45, 2.75) is 111 Å². The molecule has 3 saturated carbocycles. The summed E-state index contributed by atoms with van der Waals surface area (Å²) in [6.07, 6.45) is 13.9. The quantitative estimate of drug-likeness (QED) is 0.581. The second-order valence-corrected chi connectivity index (χ2v) is 11.3. The minimum atomic E-state index is 0.130. The fourth-order valence-corrected chi connectivity index (χ4v) is 7.84. The van der Waals surface area contributed by atoms with Gasteiger partial charge in [0.2, 0.25) is 0 Å². The van der Waals surface area contributed by atoms with Crippen LogP contribution in [0.3, 0.4) is 0 Å². The van der Waals surface area contributed by atoms with E-state index in [0.29, 0.717) is 10.8 Å². The molecule has 1 heteroatoms. The summed E-state index contributed by atoms with van der Waals surface area (Å²) in [5, 5.41) is 0. The molecule has 0 spiro atoms. The molecule has 25 heavy (non-hydrogen) atoms. The van der Waals surface area contributed by atoms with E-state index >= 15 is 0 Å². The zero-order valence-electron chi connectivity index (χ0n) is 18.0. The van der Waals surface area contributed by atoms with Gasteiger partial charge < -0.3 is 5.73 Å². The highest BCUT2D eigenvalue weighted by Crippen LogP contribution is 2.65. The highest BCUT2D eigenvalue weighted by molar-refractivity contribution is 5.16. The molecule has 0 bridgehead atoms. The second-order valence-electron chi connectivity index (χ2n) is 11.3. The summed E-state index contributed by atoms with van der Waals surface area (Å²) in [6.45, 7) is 14.9. The minimum Gasteiger partial charge on any atom is -0.324 e. The van der Waals surface area contributed by atoms with Crippen LogP contribution in [0.4, 0.5) is 0 Å². The number of nitrogens with two attached hydrogens (primary N) is 1. The Kier molecular flexibility index (Phi) is 5.40. The maximum absolute atomic E-state index is 7.19. The molecule has 2 N–H and O–H groups in total. The third-order valence-electron chi connectivity index (χ3n) is 9.44. The van der Waals surface area contributed by atoms with Gasteiger partial charge in [0.1, 0.15) is 0 Å². The molecule has 3 aliphatic rings. The molecule has 0 heterocycles. The first-order valence-corrected chi connectivity index (χ1v) is 11.4. The summed E-state index contributed by atoms with van der Waals surface area (Å²) in [4.78, 5) is 0. The van der Waals surface area contributed by atoms with E-state index in [0.717, 1.165) is 29.6 Å². The predicted octanol–water partition coefficient (Wildman–Crippen LogP) is 6.80. The van der Waals surface area contributed by atoms with Crippen molar-refractivity contribution in [3.63, 3.8) is 0 Å². The highest BCUT2D eigenvalue weighted by Gasteiger charge is 2.62. The molecule has 0 radical (unpaired) electrons. The van der Waals surface area contributed by atoms with Crippen molar-refractivity contribution < 1.29 is 0 Å². The van der Waals surface area contributed by atoms with Gasteiger partial charge in [-0.05, 0) is 98.2 Å². The first kappa shape index (κ1) is 19.7. The van der Waals surface area contributed by atoms with E-state index in [1.54, 1.807) is 0 Å². The lowest BCUT2D eigenvalue weighted by atomic mass is 9.43. The Morgan fingerprint density at radius 1 is 1.00 bits per heavy atom.